The molecule has 2 atom stereocenters. The lowest BCUT2D eigenvalue weighted by molar-refractivity contribution is -0.148. The van der Waals surface area contributed by atoms with Crippen molar-refractivity contribution >= 4 is 5.91 Å². The van der Waals surface area contributed by atoms with Gasteiger partial charge in [-0.1, -0.05) is 30.3 Å². The average Bonchev–Trinajstić information content (AvgIpc) is 2.84. The number of hydrogen-bond acceptors (Lipinski definition) is 7. The van der Waals surface area contributed by atoms with Gasteiger partial charge in [-0.2, -0.15) is 0 Å². The van der Waals surface area contributed by atoms with Crippen LogP contribution in [0.15, 0.2) is 42.5 Å². The molecule has 0 radical (unpaired) electrons. The van der Waals surface area contributed by atoms with Crippen LogP contribution in [0.1, 0.15) is 24.0 Å². The van der Waals surface area contributed by atoms with Crippen molar-refractivity contribution in [2.45, 2.75) is 37.5 Å². The first-order chi connectivity index (χ1) is 15.9. The number of benzene rings is 2. The maximum absolute atomic E-state index is 12.6. The molecule has 3 rings (SSSR count). The zero-order valence-corrected chi connectivity index (χ0v) is 19.5. The molecule has 8 heteroatoms. The first-order valence-corrected chi connectivity index (χ1v) is 11.1. The number of aliphatic hydroxyl groups excluding tert-OH is 1. The number of piperidine rings is 1. The van der Waals surface area contributed by atoms with Crippen LogP contribution in [-0.2, 0) is 17.8 Å². The SMILES string of the molecule is COc1cc(CNC[C@@]2(O)CCN(C(=O)CCc3ccccc3)C[C@@H]2O)cc(OC)c1OC. The van der Waals surface area contributed by atoms with Crippen molar-refractivity contribution in [3.8, 4) is 17.2 Å². The van der Waals surface area contributed by atoms with Crippen molar-refractivity contribution in [2.75, 3.05) is 41.0 Å². The summed E-state index contributed by atoms with van der Waals surface area (Å²) in [5.41, 5.74) is 0.684. The second kappa shape index (κ2) is 11.4. The smallest absolute Gasteiger partial charge is 0.222 e. The van der Waals surface area contributed by atoms with Gasteiger partial charge >= 0.3 is 0 Å². The Hall–Kier alpha value is -2.81. The highest BCUT2D eigenvalue weighted by Gasteiger charge is 2.41. The summed E-state index contributed by atoms with van der Waals surface area (Å²) >= 11 is 0. The number of amides is 1. The zero-order chi connectivity index (χ0) is 23.8. The second-order valence-corrected chi connectivity index (χ2v) is 8.33. The monoisotopic (exact) mass is 458 g/mol. The minimum absolute atomic E-state index is 0.00895. The number of methoxy groups -OCH3 is 3. The van der Waals surface area contributed by atoms with Crippen molar-refractivity contribution in [3.63, 3.8) is 0 Å². The number of ether oxygens (including phenoxy) is 3. The van der Waals surface area contributed by atoms with Crippen molar-refractivity contribution in [2.24, 2.45) is 0 Å². The molecule has 1 fully saturated rings. The lowest BCUT2D eigenvalue weighted by Crippen LogP contribution is -2.60. The van der Waals surface area contributed by atoms with Gasteiger partial charge in [-0.25, -0.2) is 0 Å². The Morgan fingerprint density at radius 3 is 2.33 bits per heavy atom. The molecule has 3 N–H and O–H groups in total. The zero-order valence-electron chi connectivity index (χ0n) is 19.5. The van der Waals surface area contributed by atoms with Crippen LogP contribution in [0.4, 0.5) is 0 Å². The molecule has 0 saturated carbocycles. The molecule has 0 unspecified atom stereocenters. The first-order valence-electron chi connectivity index (χ1n) is 11.1. The molecule has 1 saturated heterocycles. The van der Waals surface area contributed by atoms with Crippen molar-refractivity contribution < 1.29 is 29.2 Å². The minimum atomic E-state index is -1.31. The van der Waals surface area contributed by atoms with Gasteiger partial charge in [-0.05, 0) is 36.1 Å². The molecule has 0 aliphatic carbocycles. The quantitative estimate of drug-likeness (QED) is 0.499. The van der Waals surface area contributed by atoms with Crippen LogP contribution in [0.5, 0.6) is 17.2 Å². The van der Waals surface area contributed by atoms with E-state index in [9.17, 15) is 15.0 Å². The van der Waals surface area contributed by atoms with Gasteiger partial charge in [0.1, 0.15) is 11.7 Å². The Labute approximate surface area is 195 Å². The van der Waals surface area contributed by atoms with E-state index in [-0.39, 0.29) is 19.0 Å². The van der Waals surface area contributed by atoms with Crippen molar-refractivity contribution in [3.05, 3.63) is 53.6 Å². The summed E-state index contributed by atoms with van der Waals surface area (Å²) in [6.07, 6.45) is 0.314. The van der Waals surface area contributed by atoms with Crippen LogP contribution in [0, 0.1) is 0 Å². The van der Waals surface area contributed by atoms with E-state index < -0.39 is 11.7 Å². The third-order valence-electron chi connectivity index (χ3n) is 6.14. The molecule has 180 valence electrons. The topological polar surface area (TPSA) is 100 Å². The molecule has 2 aromatic rings. The molecule has 1 heterocycles. The molecule has 1 aliphatic rings. The highest BCUT2D eigenvalue weighted by atomic mass is 16.5. The van der Waals surface area contributed by atoms with E-state index in [0.717, 1.165) is 11.1 Å². The third kappa shape index (κ3) is 6.16. The average molecular weight is 459 g/mol. The molecule has 2 aromatic carbocycles. The maximum Gasteiger partial charge on any atom is 0.222 e. The number of nitrogens with zero attached hydrogens (tertiary/aromatic N) is 1. The van der Waals surface area contributed by atoms with E-state index >= 15 is 0 Å². The summed E-state index contributed by atoms with van der Waals surface area (Å²) in [4.78, 5) is 14.2. The Morgan fingerprint density at radius 1 is 1.09 bits per heavy atom. The summed E-state index contributed by atoms with van der Waals surface area (Å²) in [6.45, 7) is 1.16. The van der Waals surface area contributed by atoms with Crippen molar-refractivity contribution in [1.29, 1.82) is 0 Å². The Balaban J connectivity index is 1.52. The van der Waals surface area contributed by atoms with E-state index in [1.54, 1.807) is 26.2 Å². The maximum atomic E-state index is 12.6. The van der Waals surface area contributed by atoms with Gasteiger partial charge in [0.2, 0.25) is 11.7 Å². The van der Waals surface area contributed by atoms with E-state index in [2.05, 4.69) is 5.32 Å². The van der Waals surface area contributed by atoms with Crippen LogP contribution < -0.4 is 19.5 Å². The molecule has 8 nitrogen and oxygen atoms in total. The van der Waals surface area contributed by atoms with Crippen molar-refractivity contribution in [1.82, 2.24) is 10.2 Å². The Kier molecular flexibility index (Phi) is 8.55. The number of β-amino-alcohol motifs (C(OH)–C–C–N with tert-alkyl or cyclic N) is 1. The molecule has 0 bridgehead atoms. The Morgan fingerprint density at radius 2 is 1.76 bits per heavy atom. The van der Waals surface area contributed by atoms with Gasteiger partial charge in [0.15, 0.2) is 11.5 Å². The molecule has 0 spiro atoms. The lowest BCUT2D eigenvalue weighted by Gasteiger charge is -2.42. The number of nitrogens with one attached hydrogen (secondary N) is 1. The van der Waals surface area contributed by atoms with Crippen LogP contribution in [-0.4, -0.2) is 73.7 Å². The predicted molar refractivity (Wildman–Crippen MR) is 125 cm³/mol. The molecule has 1 aliphatic heterocycles. The fourth-order valence-electron chi connectivity index (χ4n) is 4.11. The number of carbonyl (C=O) groups is 1. The largest absolute Gasteiger partial charge is 0.493 e. The normalized spacial score (nSPS) is 20.4. The Bertz CT molecular complexity index is 897. The van der Waals surface area contributed by atoms with E-state index in [0.29, 0.717) is 49.6 Å². The summed E-state index contributed by atoms with van der Waals surface area (Å²) < 4.78 is 16.1. The first kappa shape index (κ1) is 24.8. The van der Waals surface area contributed by atoms with Crippen LogP contribution in [0.25, 0.3) is 0 Å². The molecule has 1 amide bonds. The number of aliphatic hydroxyl groups is 2. The third-order valence-corrected chi connectivity index (χ3v) is 6.14. The summed E-state index contributed by atoms with van der Waals surface area (Å²) in [5, 5.41) is 24.8. The standard InChI is InChI=1S/C25H34N2O6/c1-31-20-13-19(14-21(32-2)24(20)33-3)15-26-17-25(30)11-12-27(16-22(25)28)23(29)10-9-18-7-5-4-6-8-18/h4-8,13-14,22,26,28,30H,9-12,15-17H2,1-3H3/t22-,25-/m0/s1. The van der Waals surface area contributed by atoms with Crippen LogP contribution in [0.2, 0.25) is 0 Å². The van der Waals surface area contributed by atoms with Gasteiger partial charge in [0.05, 0.1) is 21.3 Å². The van der Waals surface area contributed by atoms with E-state index in [4.69, 9.17) is 14.2 Å². The highest BCUT2D eigenvalue weighted by Crippen LogP contribution is 2.38. The summed E-state index contributed by atoms with van der Waals surface area (Å²) in [6, 6.07) is 13.5. The van der Waals surface area contributed by atoms with Gasteiger partial charge in [0.25, 0.3) is 0 Å². The molecule has 33 heavy (non-hydrogen) atoms. The van der Waals surface area contributed by atoms with Gasteiger partial charge < -0.3 is 34.6 Å². The number of aryl methyl sites for hydroxylation is 1. The van der Waals surface area contributed by atoms with Gasteiger partial charge in [-0.3, -0.25) is 4.79 Å². The molecular weight excluding hydrogens is 424 g/mol. The number of carbonyl (C=O) groups excluding carboxylic acids is 1. The van der Waals surface area contributed by atoms with E-state index in [1.165, 1.54) is 0 Å². The molecule has 0 aromatic heterocycles. The van der Waals surface area contributed by atoms with E-state index in [1.807, 2.05) is 42.5 Å². The number of likely N-dealkylation sites (tertiary alicyclic amines) is 1. The fraction of sp³-hybridized carbons (Fsp3) is 0.480. The van der Waals surface area contributed by atoms with Crippen LogP contribution in [0.3, 0.4) is 0 Å². The predicted octanol–water partition coefficient (Wildman–Crippen LogP) is 1.76. The lowest BCUT2D eigenvalue weighted by atomic mass is 9.88. The van der Waals surface area contributed by atoms with Gasteiger partial charge in [-0.15, -0.1) is 0 Å². The summed E-state index contributed by atoms with van der Waals surface area (Å²) in [5.74, 6) is 1.61. The number of rotatable bonds is 10. The molecular formula is C25H34N2O6. The fourth-order valence-corrected chi connectivity index (χ4v) is 4.11. The number of hydrogen-bond donors (Lipinski definition) is 3. The van der Waals surface area contributed by atoms with Crippen LogP contribution >= 0.6 is 0 Å². The second-order valence-electron chi connectivity index (χ2n) is 8.33. The minimum Gasteiger partial charge on any atom is -0.493 e. The summed E-state index contributed by atoms with van der Waals surface area (Å²) in [7, 11) is 4.67. The highest BCUT2D eigenvalue weighted by molar-refractivity contribution is 5.76. The van der Waals surface area contributed by atoms with Gasteiger partial charge in [0, 0.05) is 32.6 Å².